The summed E-state index contributed by atoms with van der Waals surface area (Å²) in [6.45, 7) is 1.14. The number of halogens is 2. The summed E-state index contributed by atoms with van der Waals surface area (Å²) >= 11 is 6.17. The topological polar surface area (TPSA) is 92.8 Å². The average molecular weight is 491 g/mol. The largest absolute Gasteiger partial charge is 0.462 e. The van der Waals surface area contributed by atoms with Gasteiger partial charge in [-0.05, 0) is 49.4 Å². The van der Waals surface area contributed by atoms with E-state index in [9.17, 15) is 22.4 Å². The van der Waals surface area contributed by atoms with E-state index in [1.165, 1.54) is 60.7 Å². The molecule has 33 heavy (non-hydrogen) atoms. The number of nitrogens with one attached hydrogen (secondary N) is 1. The quantitative estimate of drug-likeness (QED) is 0.470. The Morgan fingerprint density at radius 1 is 1.03 bits per heavy atom. The molecule has 0 heterocycles. The molecule has 0 spiro atoms. The summed E-state index contributed by atoms with van der Waals surface area (Å²) in [6, 6.07) is 16.8. The van der Waals surface area contributed by atoms with E-state index in [0.29, 0.717) is 4.31 Å². The Morgan fingerprint density at radius 2 is 1.70 bits per heavy atom. The lowest BCUT2D eigenvalue weighted by molar-refractivity contribution is -0.114. The summed E-state index contributed by atoms with van der Waals surface area (Å²) in [5, 5.41) is 2.55. The van der Waals surface area contributed by atoms with Crippen LogP contribution in [0.15, 0.2) is 77.7 Å². The molecule has 0 aliphatic rings. The van der Waals surface area contributed by atoms with Crippen molar-refractivity contribution in [1.29, 1.82) is 0 Å². The Kier molecular flexibility index (Phi) is 7.67. The maximum absolute atomic E-state index is 14.5. The second-order valence-corrected chi connectivity index (χ2v) is 9.01. The first kappa shape index (κ1) is 24.2. The van der Waals surface area contributed by atoms with E-state index >= 15 is 0 Å². The number of amides is 1. The number of hydrogen-bond acceptors (Lipinski definition) is 5. The Hall–Kier alpha value is -3.43. The second-order valence-electron chi connectivity index (χ2n) is 6.74. The van der Waals surface area contributed by atoms with E-state index < -0.39 is 34.3 Å². The fourth-order valence-corrected chi connectivity index (χ4v) is 4.63. The summed E-state index contributed by atoms with van der Waals surface area (Å²) in [5.41, 5.74) is 0.0695. The zero-order chi connectivity index (χ0) is 24.0. The van der Waals surface area contributed by atoms with Crippen molar-refractivity contribution in [2.24, 2.45) is 0 Å². The standard InChI is InChI=1S/C23H20ClFN2O5S/c1-2-32-23(29)16-12-13-20(18(24)14-16)26-22(28)15-27(21-11-7-6-10-19(21)25)33(30,31)17-8-4-3-5-9-17/h3-14H,2,15H2,1H3,(H,26,28). The van der Waals surface area contributed by atoms with E-state index in [1.54, 1.807) is 13.0 Å². The van der Waals surface area contributed by atoms with Crippen LogP contribution in [0.3, 0.4) is 0 Å². The van der Waals surface area contributed by atoms with Crippen LogP contribution in [-0.2, 0) is 19.6 Å². The number of benzene rings is 3. The first-order valence-corrected chi connectivity index (χ1v) is 11.6. The van der Waals surface area contributed by atoms with Crippen LogP contribution in [0, 0.1) is 5.82 Å². The number of esters is 1. The molecule has 0 saturated carbocycles. The summed E-state index contributed by atoms with van der Waals surface area (Å²) < 4.78 is 46.5. The Labute approximate surface area is 195 Å². The highest BCUT2D eigenvalue weighted by Crippen LogP contribution is 2.27. The van der Waals surface area contributed by atoms with Crippen LogP contribution in [0.1, 0.15) is 17.3 Å². The van der Waals surface area contributed by atoms with Crippen molar-refractivity contribution in [3.8, 4) is 0 Å². The van der Waals surface area contributed by atoms with Crippen molar-refractivity contribution >= 4 is 44.9 Å². The zero-order valence-electron chi connectivity index (χ0n) is 17.5. The minimum Gasteiger partial charge on any atom is -0.462 e. The molecule has 0 atom stereocenters. The zero-order valence-corrected chi connectivity index (χ0v) is 19.1. The van der Waals surface area contributed by atoms with Gasteiger partial charge in [-0.1, -0.05) is 41.9 Å². The number of carbonyl (C=O) groups is 2. The molecule has 3 aromatic rings. The first-order chi connectivity index (χ1) is 15.7. The van der Waals surface area contributed by atoms with Crippen LogP contribution >= 0.6 is 11.6 Å². The Morgan fingerprint density at radius 3 is 2.33 bits per heavy atom. The molecule has 7 nitrogen and oxygen atoms in total. The van der Waals surface area contributed by atoms with Gasteiger partial charge in [0, 0.05) is 0 Å². The molecule has 10 heteroatoms. The molecule has 0 aliphatic heterocycles. The third kappa shape index (κ3) is 5.68. The van der Waals surface area contributed by atoms with Crippen LogP contribution in [-0.4, -0.2) is 33.4 Å². The number of nitrogens with zero attached hydrogens (tertiary/aromatic N) is 1. The molecule has 3 rings (SSSR count). The lowest BCUT2D eigenvalue weighted by Crippen LogP contribution is -2.38. The van der Waals surface area contributed by atoms with Crippen molar-refractivity contribution in [2.75, 3.05) is 22.8 Å². The smallest absolute Gasteiger partial charge is 0.338 e. The molecule has 0 fully saturated rings. The van der Waals surface area contributed by atoms with Gasteiger partial charge in [-0.15, -0.1) is 0 Å². The molecule has 0 aliphatic carbocycles. The van der Waals surface area contributed by atoms with E-state index in [2.05, 4.69) is 5.32 Å². The van der Waals surface area contributed by atoms with Gasteiger partial charge in [-0.25, -0.2) is 17.6 Å². The molecule has 0 aromatic heterocycles. The van der Waals surface area contributed by atoms with Crippen molar-refractivity contribution < 1.29 is 27.1 Å². The van der Waals surface area contributed by atoms with Gasteiger partial charge < -0.3 is 10.1 Å². The molecular formula is C23H20ClFN2O5S. The van der Waals surface area contributed by atoms with Crippen molar-refractivity contribution in [3.05, 3.63) is 89.2 Å². The van der Waals surface area contributed by atoms with Gasteiger partial charge in [-0.3, -0.25) is 9.10 Å². The number of hydrogen-bond donors (Lipinski definition) is 1. The van der Waals surface area contributed by atoms with Gasteiger partial charge >= 0.3 is 5.97 Å². The van der Waals surface area contributed by atoms with E-state index in [0.717, 1.165) is 6.07 Å². The number of rotatable bonds is 8. The van der Waals surface area contributed by atoms with Crippen LogP contribution < -0.4 is 9.62 Å². The summed E-state index contributed by atoms with van der Waals surface area (Å²) in [7, 11) is -4.26. The Bertz CT molecular complexity index is 1270. The second kappa shape index (κ2) is 10.5. The number of ether oxygens (including phenoxy) is 1. The van der Waals surface area contributed by atoms with Crippen molar-refractivity contribution in [1.82, 2.24) is 0 Å². The minimum absolute atomic E-state index is 0.0530. The average Bonchev–Trinajstić information content (AvgIpc) is 2.80. The highest BCUT2D eigenvalue weighted by Gasteiger charge is 2.29. The molecule has 0 bridgehead atoms. The predicted octanol–water partition coefficient (Wildman–Crippen LogP) is 4.49. The van der Waals surface area contributed by atoms with E-state index in [1.807, 2.05) is 0 Å². The predicted molar refractivity (Wildman–Crippen MR) is 123 cm³/mol. The molecule has 1 amide bonds. The molecule has 3 aromatic carbocycles. The number of para-hydroxylation sites is 1. The van der Waals surface area contributed by atoms with Crippen LogP contribution in [0.5, 0.6) is 0 Å². The Balaban J connectivity index is 1.89. The third-order valence-corrected chi connectivity index (χ3v) is 6.58. The highest BCUT2D eigenvalue weighted by atomic mass is 35.5. The molecule has 0 radical (unpaired) electrons. The summed E-state index contributed by atoms with van der Waals surface area (Å²) in [4.78, 5) is 24.5. The van der Waals surface area contributed by atoms with Gasteiger partial charge in [0.1, 0.15) is 12.4 Å². The van der Waals surface area contributed by atoms with Crippen LogP contribution in [0.25, 0.3) is 0 Å². The molecule has 0 unspecified atom stereocenters. The van der Waals surface area contributed by atoms with Crippen molar-refractivity contribution in [2.45, 2.75) is 11.8 Å². The van der Waals surface area contributed by atoms with Gasteiger partial charge in [0.25, 0.3) is 10.0 Å². The van der Waals surface area contributed by atoms with Gasteiger partial charge in [0.15, 0.2) is 0 Å². The maximum Gasteiger partial charge on any atom is 0.338 e. The van der Waals surface area contributed by atoms with E-state index in [4.69, 9.17) is 16.3 Å². The monoisotopic (exact) mass is 490 g/mol. The lowest BCUT2D eigenvalue weighted by Gasteiger charge is -2.24. The normalized spacial score (nSPS) is 11.0. The van der Waals surface area contributed by atoms with Gasteiger partial charge in [-0.2, -0.15) is 0 Å². The molecule has 172 valence electrons. The van der Waals surface area contributed by atoms with Crippen molar-refractivity contribution in [3.63, 3.8) is 0 Å². The molecule has 0 saturated heterocycles. The fourth-order valence-electron chi connectivity index (χ4n) is 2.95. The maximum atomic E-state index is 14.5. The number of sulfonamides is 1. The summed E-state index contributed by atoms with van der Waals surface area (Å²) in [5.74, 6) is -2.14. The summed E-state index contributed by atoms with van der Waals surface area (Å²) in [6.07, 6.45) is 0. The number of carbonyl (C=O) groups excluding carboxylic acids is 2. The minimum atomic E-state index is -4.26. The molecular weight excluding hydrogens is 471 g/mol. The van der Waals surface area contributed by atoms with E-state index in [-0.39, 0.29) is 33.5 Å². The van der Waals surface area contributed by atoms with Gasteiger partial charge in [0.2, 0.25) is 5.91 Å². The SMILES string of the molecule is CCOC(=O)c1ccc(NC(=O)CN(c2ccccc2F)S(=O)(=O)c2ccccc2)c(Cl)c1. The first-order valence-electron chi connectivity index (χ1n) is 9.83. The lowest BCUT2D eigenvalue weighted by atomic mass is 10.2. The van der Waals surface area contributed by atoms with Crippen LogP contribution in [0.4, 0.5) is 15.8 Å². The van der Waals surface area contributed by atoms with Crippen LogP contribution in [0.2, 0.25) is 5.02 Å². The third-order valence-electron chi connectivity index (χ3n) is 4.49. The number of anilines is 2. The fraction of sp³-hybridized carbons (Fsp3) is 0.130. The highest BCUT2D eigenvalue weighted by molar-refractivity contribution is 7.92. The molecule has 1 N–H and O–H groups in total. The van der Waals surface area contributed by atoms with Gasteiger partial charge in [0.05, 0.1) is 33.5 Å².